The highest BCUT2D eigenvalue weighted by atomic mass is 35.5. The van der Waals surface area contributed by atoms with Crippen molar-refractivity contribution in [2.24, 2.45) is 0 Å². The number of hydrogen-bond donors (Lipinski definition) is 1. The second kappa shape index (κ2) is 5.56. The Morgan fingerprint density at radius 1 is 1.15 bits per heavy atom. The van der Waals surface area contributed by atoms with Crippen LogP contribution >= 0.6 is 11.6 Å². The average molecular weight is 283 g/mol. The number of benzene rings is 2. The number of halogens is 1. The number of nitrogens with one attached hydrogen (secondary N) is 1. The summed E-state index contributed by atoms with van der Waals surface area (Å²) in [4.78, 5) is 0. The van der Waals surface area contributed by atoms with Crippen LogP contribution in [-0.2, 0) is 12.8 Å². The summed E-state index contributed by atoms with van der Waals surface area (Å²) in [5, 5.41) is 13.0. The Morgan fingerprint density at radius 2 is 1.95 bits per heavy atom. The molecule has 0 aromatic heterocycles. The molecule has 0 radical (unpaired) electrons. The van der Waals surface area contributed by atoms with Crippen molar-refractivity contribution in [3.63, 3.8) is 0 Å². The molecule has 1 unspecified atom stereocenters. The molecule has 2 nitrogen and oxygen atoms in total. The van der Waals surface area contributed by atoms with E-state index in [1.54, 1.807) is 6.07 Å². The zero-order valence-corrected chi connectivity index (χ0v) is 11.8. The van der Waals surface area contributed by atoms with E-state index in [1.165, 1.54) is 11.1 Å². The minimum Gasteiger partial charge on any atom is -0.382 e. The van der Waals surface area contributed by atoms with Crippen molar-refractivity contribution in [1.82, 2.24) is 0 Å². The number of aryl methyl sites for hydroxylation is 1. The van der Waals surface area contributed by atoms with Gasteiger partial charge in [0.2, 0.25) is 0 Å². The van der Waals surface area contributed by atoms with Crippen LogP contribution in [0, 0.1) is 11.3 Å². The number of nitriles is 1. The molecule has 100 valence electrons. The first-order chi connectivity index (χ1) is 9.76. The SMILES string of the molecule is N#Cc1cc(NC2CCc3ccccc3C2)ccc1Cl. The Hall–Kier alpha value is -1.98. The Balaban J connectivity index is 1.75. The van der Waals surface area contributed by atoms with Gasteiger partial charge in [0.05, 0.1) is 10.6 Å². The zero-order chi connectivity index (χ0) is 13.9. The van der Waals surface area contributed by atoms with E-state index in [0.717, 1.165) is 24.9 Å². The van der Waals surface area contributed by atoms with E-state index in [4.69, 9.17) is 16.9 Å². The zero-order valence-electron chi connectivity index (χ0n) is 11.1. The van der Waals surface area contributed by atoms with Crippen molar-refractivity contribution in [1.29, 1.82) is 5.26 Å². The van der Waals surface area contributed by atoms with Gasteiger partial charge in [-0.05, 0) is 48.6 Å². The summed E-state index contributed by atoms with van der Waals surface area (Å²) in [7, 11) is 0. The number of anilines is 1. The minimum atomic E-state index is 0.414. The highest BCUT2D eigenvalue weighted by Crippen LogP contribution is 2.25. The second-order valence-corrected chi connectivity index (χ2v) is 5.57. The van der Waals surface area contributed by atoms with Gasteiger partial charge in [-0.25, -0.2) is 0 Å². The third-order valence-electron chi connectivity index (χ3n) is 3.80. The molecular formula is C17H15ClN2. The molecule has 1 atom stereocenters. The lowest BCUT2D eigenvalue weighted by Crippen LogP contribution is -2.27. The number of rotatable bonds is 2. The van der Waals surface area contributed by atoms with Crippen LogP contribution < -0.4 is 5.32 Å². The first-order valence-electron chi connectivity index (χ1n) is 6.79. The van der Waals surface area contributed by atoms with E-state index in [2.05, 4.69) is 35.7 Å². The van der Waals surface area contributed by atoms with Crippen LogP contribution in [0.3, 0.4) is 0 Å². The third-order valence-corrected chi connectivity index (χ3v) is 4.13. The van der Waals surface area contributed by atoms with E-state index in [0.29, 0.717) is 16.6 Å². The Labute approximate surface area is 124 Å². The summed E-state index contributed by atoms with van der Waals surface area (Å²) >= 11 is 5.96. The van der Waals surface area contributed by atoms with Crippen molar-refractivity contribution in [3.8, 4) is 6.07 Å². The first kappa shape index (κ1) is 13.0. The highest BCUT2D eigenvalue weighted by Gasteiger charge is 2.18. The van der Waals surface area contributed by atoms with Crippen molar-refractivity contribution >= 4 is 17.3 Å². The molecule has 0 fully saturated rings. The molecule has 0 bridgehead atoms. The molecule has 3 rings (SSSR count). The second-order valence-electron chi connectivity index (χ2n) is 5.16. The molecule has 0 heterocycles. The molecule has 3 heteroatoms. The summed E-state index contributed by atoms with van der Waals surface area (Å²) in [5.74, 6) is 0. The molecule has 2 aromatic carbocycles. The van der Waals surface area contributed by atoms with Gasteiger partial charge in [-0.2, -0.15) is 5.26 Å². The summed E-state index contributed by atoms with van der Waals surface area (Å²) in [6.45, 7) is 0. The maximum atomic E-state index is 9.02. The number of hydrogen-bond acceptors (Lipinski definition) is 2. The van der Waals surface area contributed by atoms with E-state index in [1.807, 2.05) is 12.1 Å². The fourth-order valence-electron chi connectivity index (χ4n) is 2.76. The minimum absolute atomic E-state index is 0.414. The molecule has 0 amide bonds. The molecule has 1 N–H and O–H groups in total. The molecule has 2 aromatic rings. The van der Waals surface area contributed by atoms with E-state index in [-0.39, 0.29) is 0 Å². The molecule has 0 spiro atoms. The van der Waals surface area contributed by atoms with Gasteiger partial charge < -0.3 is 5.32 Å². The molecule has 0 saturated carbocycles. The molecule has 0 aliphatic heterocycles. The van der Waals surface area contributed by atoms with Crippen LogP contribution in [0.4, 0.5) is 5.69 Å². The van der Waals surface area contributed by atoms with Gasteiger partial charge >= 0.3 is 0 Å². The van der Waals surface area contributed by atoms with Gasteiger partial charge in [0.1, 0.15) is 6.07 Å². The highest BCUT2D eigenvalue weighted by molar-refractivity contribution is 6.31. The maximum absolute atomic E-state index is 9.02. The Morgan fingerprint density at radius 3 is 2.75 bits per heavy atom. The predicted octanol–water partition coefficient (Wildman–Crippen LogP) is 4.18. The number of nitrogens with zero attached hydrogens (tertiary/aromatic N) is 1. The first-order valence-corrected chi connectivity index (χ1v) is 7.17. The predicted molar refractivity (Wildman–Crippen MR) is 82.0 cm³/mol. The van der Waals surface area contributed by atoms with E-state index in [9.17, 15) is 0 Å². The van der Waals surface area contributed by atoms with E-state index < -0.39 is 0 Å². The van der Waals surface area contributed by atoms with Gasteiger partial charge in [0, 0.05) is 11.7 Å². The van der Waals surface area contributed by atoms with Gasteiger partial charge in [0.15, 0.2) is 0 Å². The summed E-state index contributed by atoms with van der Waals surface area (Å²) < 4.78 is 0. The summed E-state index contributed by atoms with van der Waals surface area (Å²) in [5.41, 5.74) is 4.37. The van der Waals surface area contributed by atoms with Crippen LogP contribution in [0.25, 0.3) is 0 Å². The average Bonchev–Trinajstić information content (AvgIpc) is 2.49. The Kier molecular flexibility index (Phi) is 3.62. The van der Waals surface area contributed by atoms with Crippen LogP contribution in [0.15, 0.2) is 42.5 Å². The maximum Gasteiger partial charge on any atom is 0.101 e. The summed E-state index contributed by atoms with van der Waals surface area (Å²) in [6.07, 6.45) is 3.24. The van der Waals surface area contributed by atoms with Crippen molar-refractivity contribution in [2.75, 3.05) is 5.32 Å². The fourth-order valence-corrected chi connectivity index (χ4v) is 2.92. The van der Waals surface area contributed by atoms with Crippen LogP contribution in [0.1, 0.15) is 23.1 Å². The molecule has 0 saturated heterocycles. The van der Waals surface area contributed by atoms with Gasteiger partial charge in [-0.15, -0.1) is 0 Å². The van der Waals surface area contributed by atoms with Gasteiger partial charge in [0.25, 0.3) is 0 Å². The Bertz CT molecular complexity index is 673. The smallest absolute Gasteiger partial charge is 0.101 e. The summed E-state index contributed by atoms with van der Waals surface area (Å²) in [6, 6.07) is 16.7. The quantitative estimate of drug-likeness (QED) is 0.897. The molecule has 20 heavy (non-hydrogen) atoms. The molecule has 1 aliphatic rings. The van der Waals surface area contributed by atoms with Crippen molar-refractivity contribution in [3.05, 3.63) is 64.2 Å². The van der Waals surface area contributed by atoms with Crippen LogP contribution in [0.2, 0.25) is 5.02 Å². The van der Waals surface area contributed by atoms with Crippen molar-refractivity contribution in [2.45, 2.75) is 25.3 Å². The molecule has 1 aliphatic carbocycles. The monoisotopic (exact) mass is 282 g/mol. The lowest BCUT2D eigenvalue weighted by Gasteiger charge is -2.26. The lowest BCUT2D eigenvalue weighted by molar-refractivity contribution is 0.611. The topological polar surface area (TPSA) is 35.8 Å². The fraction of sp³-hybridized carbons (Fsp3) is 0.235. The van der Waals surface area contributed by atoms with Gasteiger partial charge in [-0.3, -0.25) is 0 Å². The van der Waals surface area contributed by atoms with E-state index >= 15 is 0 Å². The third kappa shape index (κ3) is 2.64. The van der Waals surface area contributed by atoms with Crippen LogP contribution in [0.5, 0.6) is 0 Å². The largest absolute Gasteiger partial charge is 0.382 e. The van der Waals surface area contributed by atoms with Crippen LogP contribution in [-0.4, -0.2) is 6.04 Å². The lowest BCUT2D eigenvalue weighted by atomic mass is 9.88. The molecular weight excluding hydrogens is 268 g/mol. The normalized spacial score (nSPS) is 17.1. The standard InChI is InChI=1S/C17H15ClN2/c18-17-8-7-16(10-14(17)11-19)20-15-6-5-12-3-1-2-4-13(12)9-15/h1-4,7-8,10,15,20H,5-6,9H2. The van der Waals surface area contributed by atoms with Gasteiger partial charge in [-0.1, -0.05) is 35.9 Å². The van der Waals surface area contributed by atoms with Crippen molar-refractivity contribution < 1.29 is 0 Å². The number of fused-ring (bicyclic) bond motifs is 1.